The summed E-state index contributed by atoms with van der Waals surface area (Å²) in [6.07, 6.45) is 0. The summed E-state index contributed by atoms with van der Waals surface area (Å²) in [6.45, 7) is 6.57. The second-order valence-corrected chi connectivity index (χ2v) is 8.28. The van der Waals surface area contributed by atoms with Crippen LogP contribution in [0.1, 0.15) is 43.0 Å². The first kappa shape index (κ1) is 18.3. The normalized spacial score (nSPS) is 18.5. The fraction of sp³-hybridized carbons (Fsp3) is 0.240. The Morgan fingerprint density at radius 2 is 1.43 bits per heavy atom. The Kier molecular flexibility index (Phi) is 4.26. The number of carbonyl (C=O) groups is 1. The van der Waals surface area contributed by atoms with Crippen molar-refractivity contribution in [1.82, 2.24) is 0 Å². The minimum Gasteiger partial charge on any atom is -0.496 e. The first-order valence-corrected chi connectivity index (χ1v) is 9.54. The molecular formula is C25H25NO2. The Balaban J connectivity index is 2.03. The summed E-state index contributed by atoms with van der Waals surface area (Å²) in [7, 11) is 1.65. The largest absolute Gasteiger partial charge is 0.496 e. The smallest absolute Gasteiger partial charge is 0.244 e. The van der Waals surface area contributed by atoms with E-state index in [9.17, 15) is 4.79 Å². The number of carbonyl (C=O) groups excluding carboxylic acids is 1. The van der Waals surface area contributed by atoms with Crippen molar-refractivity contribution in [2.75, 3.05) is 12.4 Å². The summed E-state index contributed by atoms with van der Waals surface area (Å²) in [6, 6.07) is 24.1. The molecule has 0 radical (unpaired) electrons. The van der Waals surface area contributed by atoms with Crippen molar-refractivity contribution in [2.24, 2.45) is 0 Å². The van der Waals surface area contributed by atoms with Crippen LogP contribution in [0.15, 0.2) is 72.8 Å². The summed E-state index contributed by atoms with van der Waals surface area (Å²) in [5.74, 6) is 0.649. The van der Waals surface area contributed by atoms with Gasteiger partial charge in [-0.05, 0) is 28.7 Å². The van der Waals surface area contributed by atoms with Gasteiger partial charge in [0, 0.05) is 16.8 Å². The molecule has 0 saturated heterocycles. The summed E-state index contributed by atoms with van der Waals surface area (Å²) in [5.41, 5.74) is 3.92. The van der Waals surface area contributed by atoms with Gasteiger partial charge in [-0.1, -0.05) is 81.4 Å². The monoisotopic (exact) mass is 371 g/mol. The molecule has 3 aromatic carbocycles. The Labute approximate surface area is 166 Å². The number of hydrogen-bond donors (Lipinski definition) is 1. The van der Waals surface area contributed by atoms with E-state index >= 15 is 0 Å². The first-order valence-electron chi connectivity index (χ1n) is 9.54. The van der Waals surface area contributed by atoms with Gasteiger partial charge in [0.05, 0.1) is 7.11 Å². The van der Waals surface area contributed by atoms with E-state index in [4.69, 9.17) is 4.74 Å². The van der Waals surface area contributed by atoms with Gasteiger partial charge in [0.2, 0.25) is 5.91 Å². The van der Waals surface area contributed by atoms with Crippen LogP contribution < -0.4 is 10.1 Å². The van der Waals surface area contributed by atoms with Gasteiger partial charge >= 0.3 is 0 Å². The highest BCUT2D eigenvalue weighted by Gasteiger charge is 2.51. The third kappa shape index (κ3) is 2.62. The molecule has 0 spiro atoms. The fourth-order valence-corrected chi connectivity index (χ4v) is 4.14. The van der Waals surface area contributed by atoms with E-state index in [0.29, 0.717) is 5.75 Å². The van der Waals surface area contributed by atoms with Crippen LogP contribution in [-0.2, 0) is 15.6 Å². The number of ether oxygens (including phenoxy) is 1. The van der Waals surface area contributed by atoms with Crippen LogP contribution in [0.2, 0.25) is 0 Å². The lowest BCUT2D eigenvalue weighted by atomic mass is 9.69. The quantitative estimate of drug-likeness (QED) is 0.680. The highest BCUT2D eigenvalue weighted by atomic mass is 16.5. The van der Waals surface area contributed by atoms with Crippen LogP contribution in [0.4, 0.5) is 5.69 Å². The zero-order chi connectivity index (χ0) is 19.9. The maximum atomic E-state index is 13.5. The van der Waals surface area contributed by atoms with Crippen molar-refractivity contribution in [3.63, 3.8) is 0 Å². The minimum atomic E-state index is -0.945. The van der Waals surface area contributed by atoms with Crippen molar-refractivity contribution >= 4 is 11.6 Å². The van der Waals surface area contributed by atoms with Crippen LogP contribution in [0.5, 0.6) is 5.75 Å². The molecule has 0 aliphatic carbocycles. The van der Waals surface area contributed by atoms with Gasteiger partial charge in [-0.2, -0.15) is 0 Å². The molecular weight excluding hydrogens is 346 g/mol. The van der Waals surface area contributed by atoms with Crippen molar-refractivity contribution in [1.29, 1.82) is 0 Å². The third-order valence-corrected chi connectivity index (χ3v) is 5.61. The Morgan fingerprint density at radius 1 is 0.821 bits per heavy atom. The summed E-state index contributed by atoms with van der Waals surface area (Å²) in [5, 5.41) is 3.09. The average Bonchev–Trinajstić information content (AvgIpc) is 3.00. The molecule has 0 fully saturated rings. The van der Waals surface area contributed by atoms with E-state index in [1.807, 2.05) is 48.5 Å². The lowest BCUT2D eigenvalue weighted by molar-refractivity contribution is -0.118. The van der Waals surface area contributed by atoms with Gasteiger partial charge in [0.15, 0.2) is 0 Å². The molecule has 1 atom stereocenters. The van der Waals surface area contributed by atoms with Gasteiger partial charge < -0.3 is 10.1 Å². The maximum Gasteiger partial charge on any atom is 0.244 e. The number of nitrogens with one attached hydrogen (secondary N) is 1. The third-order valence-electron chi connectivity index (χ3n) is 5.61. The molecule has 1 aliphatic heterocycles. The average molecular weight is 371 g/mol. The van der Waals surface area contributed by atoms with E-state index in [2.05, 4.69) is 50.4 Å². The number of anilines is 1. The maximum absolute atomic E-state index is 13.5. The summed E-state index contributed by atoms with van der Waals surface area (Å²) < 4.78 is 5.67. The highest BCUT2D eigenvalue weighted by molar-refractivity contribution is 6.11. The van der Waals surface area contributed by atoms with Crippen LogP contribution >= 0.6 is 0 Å². The molecule has 1 N–H and O–H groups in total. The molecule has 3 aromatic rings. The number of amides is 1. The molecule has 28 heavy (non-hydrogen) atoms. The van der Waals surface area contributed by atoms with Crippen LogP contribution in [-0.4, -0.2) is 13.0 Å². The number of rotatable bonds is 3. The lowest BCUT2D eigenvalue weighted by Gasteiger charge is -2.31. The van der Waals surface area contributed by atoms with E-state index < -0.39 is 5.41 Å². The number of benzene rings is 3. The molecule has 3 nitrogen and oxygen atoms in total. The molecule has 1 unspecified atom stereocenters. The molecule has 1 heterocycles. The second kappa shape index (κ2) is 6.52. The molecule has 4 rings (SSSR count). The minimum absolute atomic E-state index is 0.0476. The summed E-state index contributed by atoms with van der Waals surface area (Å²) >= 11 is 0. The van der Waals surface area contributed by atoms with Crippen LogP contribution in [0.3, 0.4) is 0 Å². The molecule has 0 aromatic heterocycles. The Bertz CT molecular complexity index is 1030. The Morgan fingerprint density at radius 3 is 2.07 bits per heavy atom. The Hall–Kier alpha value is -3.07. The molecule has 1 aliphatic rings. The van der Waals surface area contributed by atoms with Gasteiger partial charge in [0.1, 0.15) is 11.2 Å². The molecule has 3 heteroatoms. The fourth-order valence-electron chi connectivity index (χ4n) is 4.14. The van der Waals surface area contributed by atoms with Crippen LogP contribution in [0, 0.1) is 0 Å². The molecule has 142 valence electrons. The van der Waals surface area contributed by atoms with E-state index in [1.54, 1.807) is 7.11 Å². The molecule has 0 bridgehead atoms. The second-order valence-electron chi connectivity index (χ2n) is 8.28. The van der Waals surface area contributed by atoms with Crippen molar-refractivity contribution < 1.29 is 9.53 Å². The molecule has 1 amide bonds. The van der Waals surface area contributed by atoms with Gasteiger partial charge in [-0.3, -0.25) is 4.79 Å². The van der Waals surface area contributed by atoms with Crippen molar-refractivity contribution in [2.45, 2.75) is 31.6 Å². The standard InChI is InChI=1S/C25H25NO2/c1-24(2,3)17-13-15-18(16-14-17)25(20-10-6-8-12-22(20)28-4)19-9-5-7-11-21(19)26-23(25)27/h5-16H,1-4H3,(H,26,27). The van der Waals surface area contributed by atoms with Gasteiger partial charge in [-0.25, -0.2) is 0 Å². The van der Waals surface area contributed by atoms with Crippen LogP contribution in [0.25, 0.3) is 0 Å². The predicted molar refractivity (Wildman–Crippen MR) is 113 cm³/mol. The topological polar surface area (TPSA) is 38.3 Å². The highest BCUT2D eigenvalue weighted by Crippen LogP contribution is 2.50. The van der Waals surface area contributed by atoms with Gasteiger partial charge in [0.25, 0.3) is 0 Å². The number of para-hydroxylation sites is 2. The van der Waals surface area contributed by atoms with Gasteiger partial charge in [-0.15, -0.1) is 0 Å². The van der Waals surface area contributed by atoms with Crippen molar-refractivity contribution in [3.05, 3.63) is 95.1 Å². The SMILES string of the molecule is COc1ccccc1C1(c2ccc(C(C)(C)C)cc2)C(=O)Nc2ccccc21. The first-order chi connectivity index (χ1) is 13.4. The van der Waals surface area contributed by atoms with E-state index in [0.717, 1.165) is 22.4 Å². The van der Waals surface area contributed by atoms with Crippen molar-refractivity contribution in [3.8, 4) is 5.75 Å². The lowest BCUT2D eigenvalue weighted by Crippen LogP contribution is -2.37. The predicted octanol–water partition coefficient (Wildman–Crippen LogP) is 5.28. The van der Waals surface area contributed by atoms with E-state index in [1.165, 1.54) is 5.56 Å². The zero-order valence-electron chi connectivity index (χ0n) is 16.7. The van der Waals surface area contributed by atoms with E-state index in [-0.39, 0.29) is 11.3 Å². The number of methoxy groups -OCH3 is 1. The number of fused-ring (bicyclic) bond motifs is 1. The zero-order valence-corrected chi connectivity index (χ0v) is 16.7. The summed E-state index contributed by atoms with van der Waals surface area (Å²) in [4.78, 5) is 13.5. The number of hydrogen-bond acceptors (Lipinski definition) is 2. The molecule has 0 saturated carbocycles.